The number of carbonyl (C=O) groups excluding carboxylic acids is 1. The number of anilines is 1. The van der Waals surface area contributed by atoms with Crippen LogP contribution < -0.4 is 15.9 Å². The molecule has 0 saturated heterocycles. The summed E-state index contributed by atoms with van der Waals surface area (Å²) in [6, 6.07) is 12.5. The summed E-state index contributed by atoms with van der Waals surface area (Å²) in [5.41, 5.74) is 1.64. The number of pyridine rings is 2. The Morgan fingerprint density at radius 2 is 1.79 bits per heavy atom. The van der Waals surface area contributed by atoms with Gasteiger partial charge in [-0.2, -0.15) is 0 Å². The summed E-state index contributed by atoms with van der Waals surface area (Å²) >= 11 is 5.90. The molecule has 39 heavy (non-hydrogen) atoms. The number of rotatable bonds is 7. The molecule has 0 bridgehead atoms. The van der Waals surface area contributed by atoms with Crippen molar-refractivity contribution in [1.29, 1.82) is 0 Å². The largest absolute Gasteiger partial charge is 0.376 e. The molecule has 1 N–H and O–H groups in total. The third-order valence-electron chi connectivity index (χ3n) is 7.27. The Bertz CT molecular complexity index is 1540. The molecule has 0 aliphatic heterocycles. The molecule has 0 unspecified atom stereocenters. The van der Waals surface area contributed by atoms with Gasteiger partial charge in [0.05, 0.1) is 33.5 Å². The van der Waals surface area contributed by atoms with Gasteiger partial charge >= 0.3 is 5.69 Å². The Labute approximate surface area is 229 Å². The molecular formula is C28H29ClF2N6O2. The smallest absolute Gasteiger partial charge is 0.334 e. The molecule has 1 aliphatic rings. The zero-order chi connectivity index (χ0) is 27.7. The van der Waals surface area contributed by atoms with E-state index in [0.717, 1.165) is 35.8 Å². The molecule has 0 radical (unpaired) electrons. The molecule has 1 aromatic carbocycles. The fourth-order valence-electron chi connectivity index (χ4n) is 5.20. The van der Waals surface area contributed by atoms with Gasteiger partial charge in [0, 0.05) is 32.9 Å². The maximum atomic E-state index is 13.6. The van der Waals surface area contributed by atoms with Crippen molar-refractivity contribution in [2.75, 3.05) is 19.0 Å². The standard InChI is InChI=1S/C28H29ClF2N6O2/c1-35(2)20-11-12-24(32-15-20)37-23-6-4-3-5-22(23)36(28(37)39)16-17-7-9-19(10-8-17)34-27(38)21-13-18(29)14-33-25(21)26(30)31/h3-6,11-15,17,19,26H,7-10,16H2,1-2H3,(H,34,38)/t17-,19-. The van der Waals surface area contributed by atoms with Gasteiger partial charge in [-0.05, 0) is 61.9 Å². The van der Waals surface area contributed by atoms with E-state index >= 15 is 0 Å². The molecular weight excluding hydrogens is 526 g/mol. The fourth-order valence-corrected chi connectivity index (χ4v) is 5.36. The summed E-state index contributed by atoms with van der Waals surface area (Å²) in [5.74, 6) is 0.185. The molecule has 1 aliphatic carbocycles. The van der Waals surface area contributed by atoms with Crippen molar-refractivity contribution in [3.8, 4) is 5.82 Å². The summed E-state index contributed by atoms with van der Waals surface area (Å²) in [7, 11) is 3.87. The van der Waals surface area contributed by atoms with Gasteiger partial charge in [-0.3, -0.25) is 14.3 Å². The maximum Gasteiger partial charge on any atom is 0.334 e. The molecule has 4 aromatic rings. The normalized spacial score (nSPS) is 17.5. The second kappa shape index (κ2) is 11.1. The molecule has 1 amide bonds. The van der Waals surface area contributed by atoms with Gasteiger partial charge in [0.25, 0.3) is 12.3 Å². The van der Waals surface area contributed by atoms with Crippen molar-refractivity contribution >= 4 is 34.2 Å². The lowest BCUT2D eigenvalue weighted by atomic mass is 9.85. The number of para-hydroxylation sites is 2. The van der Waals surface area contributed by atoms with E-state index < -0.39 is 18.0 Å². The number of benzene rings is 1. The first-order valence-corrected chi connectivity index (χ1v) is 13.2. The highest BCUT2D eigenvalue weighted by atomic mass is 35.5. The zero-order valence-corrected chi connectivity index (χ0v) is 22.4. The molecule has 1 saturated carbocycles. The SMILES string of the molecule is CN(C)c1ccc(-n2c(=O)n(C[C@H]3CC[C@H](NC(=O)c4cc(Cl)cnc4C(F)F)CC3)c3ccccc32)nc1. The van der Waals surface area contributed by atoms with Crippen molar-refractivity contribution < 1.29 is 13.6 Å². The number of aromatic nitrogens is 4. The van der Waals surface area contributed by atoms with Crippen molar-refractivity contribution in [1.82, 2.24) is 24.4 Å². The van der Waals surface area contributed by atoms with Gasteiger partial charge in [0.1, 0.15) is 11.5 Å². The van der Waals surface area contributed by atoms with E-state index in [2.05, 4.69) is 15.3 Å². The highest BCUT2D eigenvalue weighted by Crippen LogP contribution is 2.29. The number of halogens is 3. The monoisotopic (exact) mass is 554 g/mol. The van der Waals surface area contributed by atoms with Crippen LogP contribution in [0.3, 0.4) is 0 Å². The second-order valence-corrected chi connectivity index (χ2v) is 10.5. The van der Waals surface area contributed by atoms with Crippen molar-refractivity contribution in [2.45, 2.75) is 44.7 Å². The van der Waals surface area contributed by atoms with E-state index in [9.17, 15) is 18.4 Å². The second-order valence-electron chi connectivity index (χ2n) is 10.1. The Morgan fingerprint density at radius 3 is 2.44 bits per heavy atom. The lowest BCUT2D eigenvalue weighted by Gasteiger charge is -2.29. The number of nitrogens with zero attached hydrogens (tertiary/aromatic N) is 5. The number of alkyl halides is 2. The molecule has 204 valence electrons. The van der Waals surface area contributed by atoms with Crippen LogP contribution in [0, 0.1) is 5.92 Å². The predicted molar refractivity (Wildman–Crippen MR) is 147 cm³/mol. The van der Waals surface area contributed by atoms with Crippen molar-refractivity contribution in [3.05, 3.63) is 81.6 Å². The van der Waals surface area contributed by atoms with Crippen LogP contribution in [0.15, 0.2) is 59.7 Å². The predicted octanol–water partition coefficient (Wildman–Crippen LogP) is 5.23. The average molecular weight is 555 g/mol. The number of hydrogen-bond acceptors (Lipinski definition) is 5. The first kappa shape index (κ1) is 26.8. The molecule has 3 aromatic heterocycles. The minimum atomic E-state index is -2.87. The van der Waals surface area contributed by atoms with Crippen LogP contribution in [0.25, 0.3) is 16.9 Å². The summed E-state index contributed by atoms with van der Waals surface area (Å²) in [6.07, 6.45) is 2.89. The number of nitrogens with one attached hydrogen (secondary N) is 1. The van der Waals surface area contributed by atoms with E-state index in [0.29, 0.717) is 25.2 Å². The number of fused-ring (bicyclic) bond motifs is 1. The van der Waals surface area contributed by atoms with Crippen LogP contribution in [0.5, 0.6) is 0 Å². The maximum absolute atomic E-state index is 13.6. The van der Waals surface area contributed by atoms with Gasteiger partial charge in [-0.1, -0.05) is 23.7 Å². The van der Waals surface area contributed by atoms with Crippen molar-refractivity contribution in [3.63, 3.8) is 0 Å². The summed E-state index contributed by atoms with van der Waals surface area (Å²) in [6.45, 7) is 0.538. The molecule has 0 atom stereocenters. The minimum absolute atomic E-state index is 0.127. The molecule has 11 heteroatoms. The quantitative estimate of drug-likeness (QED) is 0.338. The zero-order valence-electron chi connectivity index (χ0n) is 21.7. The van der Waals surface area contributed by atoms with Gasteiger partial charge in [-0.15, -0.1) is 0 Å². The third-order valence-corrected chi connectivity index (χ3v) is 7.48. The number of amides is 1. The minimum Gasteiger partial charge on any atom is -0.376 e. The van der Waals surface area contributed by atoms with Crippen LogP contribution in [0.1, 0.15) is 48.2 Å². The summed E-state index contributed by atoms with van der Waals surface area (Å²) in [4.78, 5) is 36.5. The number of imidazole rings is 1. The number of hydrogen-bond donors (Lipinski definition) is 1. The Balaban J connectivity index is 1.30. The first-order valence-electron chi connectivity index (χ1n) is 12.8. The lowest BCUT2D eigenvalue weighted by Crippen LogP contribution is -2.39. The topological polar surface area (TPSA) is 85.0 Å². The summed E-state index contributed by atoms with van der Waals surface area (Å²) < 4.78 is 30.1. The lowest BCUT2D eigenvalue weighted by molar-refractivity contribution is 0.0904. The Kier molecular flexibility index (Phi) is 7.65. The molecule has 0 spiro atoms. The van der Waals surface area contributed by atoms with Gasteiger partial charge in [0.15, 0.2) is 0 Å². The third kappa shape index (κ3) is 5.52. The van der Waals surface area contributed by atoms with Crippen LogP contribution >= 0.6 is 11.6 Å². The first-order chi connectivity index (χ1) is 18.7. The van der Waals surface area contributed by atoms with E-state index in [1.165, 1.54) is 6.07 Å². The molecule has 3 heterocycles. The van der Waals surface area contributed by atoms with E-state index in [1.807, 2.05) is 55.4 Å². The molecule has 5 rings (SSSR count). The van der Waals surface area contributed by atoms with Gasteiger partial charge in [0.2, 0.25) is 0 Å². The summed E-state index contributed by atoms with van der Waals surface area (Å²) in [5, 5.41) is 2.99. The molecule has 8 nitrogen and oxygen atoms in total. The van der Waals surface area contributed by atoms with Gasteiger partial charge in [-0.25, -0.2) is 23.1 Å². The van der Waals surface area contributed by atoms with Crippen LogP contribution in [-0.2, 0) is 6.54 Å². The Morgan fingerprint density at radius 1 is 1.08 bits per heavy atom. The van der Waals surface area contributed by atoms with Crippen LogP contribution in [-0.4, -0.2) is 45.1 Å². The average Bonchev–Trinajstić information content (AvgIpc) is 3.20. The van der Waals surface area contributed by atoms with Crippen molar-refractivity contribution in [2.24, 2.45) is 5.92 Å². The molecule has 1 fully saturated rings. The van der Waals surface area contributed by atoms with E-state index in [-0.39, 0.29) is 28.2 Å². The van der Waals surface area contributed by atoms with E-state index in [4.69, 9.17) is 11.6 Å². The van der Waals surface area contributed by atoms with Gasteiger partial charge < -0.3 is 10.2 Å². The van der Waals surface area contributed by atoms with E-state index in [1.54, 1.807) is 15.3 Å². The highest BCUT2D eigenvalue weighted by Gasteiger charge is 2.27. The highest BCUT2D eigenvalue weighted by molar-refractivity contribution is 6.30. The fraction of sp³-hybridized carbons (Fsp3) is 0.357. The van der Waals surface area contributed by atoms with Crippen LogP contribution in [0.2, 0.25) is 5.02 Å². The number of carbonyl (C=O) groups is 1. The Hall–Kier alpha value is -3.79. The van der Waals surface area contributed by atoms with Crippen LogP contribution in [0.4, 0.5) is 14.5 Å².